The van der Waals surface area contributed by atoms with Crippen molar-refractivity contribution in [1.29, 1.82) is 0 Å². The van der Waals surface area contributed by atoms with Crippen molar-refractivity contribution in [2.24, 2.45) is 4.99 Å². The highest BCUT2D eigenvalue weighted by atomic mass is 14.7. The summed E-state index contributed by atoms with van der Waals surface area (Å²) in [5.74, 6) is 0. The van der Waals surface area contributed by atoms with E-state index in [1.165, 1.54) is 16.5 Å². The number of benzene rings is 5. The maximum Gasteiger partial charge on any atom is 0.0786 e. The molecular weight excluding hydrogens is 424 g/mol. The molecule has 0 unspecified atom stereocenters. The zero-order chi connectivity index (χ0) is 23.5. The molecule has 2 heteroatoms. The number of aromatic nitrogens is 1. The molecule has 1 N–H and O–H groups in total. The van der Waals surface area contributed by atoms with Gasteiger partial charge in [-0.2, -0.15) is 0 Å². The highest BCUT2D eigenvalue weighted by molar-refractivity contribution is 6.01. The zero-order valence-electron chi connectivity index (χ0n) is 19.2. The summed E-state index contributed by atoms with van der Waals surface area (Å²) in [6, 6.07) is 44.5. The van der Waals surface area contributed by atoms with Crippen molar-refractivity contribution >= 4 is 22.8 Å². The molecule has 6 aromatic rings. The Morgan fingerprint density at radius 2 is 1.09 bits per heavy atom. The molecule has 0 aliphatic heterocycles. The first-order valence-corrected chi connectivity index (χ1v) is 11.8. The summed E-state index contributed by atoms with van der Waals surface area (Å²) < 4.78 is 0. The van der Waals surface area contributed by atoms with E-state index in [0.717, 1.165) is 39.0 Å². The normalized spacial score (nSPS) is 11.3. The first-order valence-electron chi connectivity index (χ1n) is 11.8. The van der Waals surface area contributed by atoms with Crippen LogP contribution < -0.4 is 0 Å². The van der Waals surface area contributed by atoms with Gasteiger partial charge in [-0.25, -0.2) is 0 Å². The molecule has 0 spiro atoms. The third-order valence-electron chi connectivity index (χ3n) is 6.34. The first-order chi connectivity index (χ1) is 17.4. The minimum Gasteiger partial charge on any atom is -0.361 e. The Balaban J connectivity index is 1.62. The van der Waals surface area contributed by atoms with Gasteiger partial charge in [0.1, 0.15) is 0 Å². The zero-order valence-corrected chi connectivity index (χ0v) is 19.2. The number of nitrogens with zero attached hydrogens (tertiary/aromatic N) is 1. The summed E-state index contributed by atoms with van der Waals surface area (Å²) in [7, 11) is 0. The van der Waals surface area contributed by atoms with Gasteiger partial charge in [0.25, 0.3) is 0 Å². The molecule has 1 aromatic heterocycles. The highest BCUT2D eigenvalue weighted by Gasteiger charge is 2.15. The molecule has 0 amide bonds. The number of hydrogen-bond donors (Lipinski definition) is 1. The standard InChI is InChI=1S/C33H24N2/c1-4-11-24(12-5-1)29-21-30(25-13-6-2-7-14-25)33(31(22-29)26-15-8-3-9-16-26)35-23-28-18-10-17-27-19-20-34-32(27)28/h1-23,34H. The SMILES string of the molecule is C(=Nc1c(-c2ccccc2)cc(-c2ccccc2)cc1-c1ccccc1)c1cccc2cc[nH]c12. The second-order valence-electron chi connectivity index (χ2n) is 8.57. The summed E-state index contributed by atoms with van der Waals surface area (Å²) in [4.78, 5) is 8.51. The van der Waals surface area contributed by atoms with Crippen LogP contribution in [0.4, 0.5) is 5.69 Å². The van der Waals surface area contributed by atoms with Crippen molar-refractivity contribution in [3.05, 3.63) is 139 Å². The number of rotatable bonds is 5. The van der Waals surface area contributed by atoms with E-state index in [0.29, 0.717) is 0 Å². The molecule has 0 atom stereocenters. The van der Waals surface area contributed by atoms with E-state index in [1.54, 1.807) is 0 Å². The molecule has 0 fully saturated rings. The van der Waals surface area contributed by atoms with Crippen molar-refractivity contribution in [3.8, 4) is 33.4 Å². The predicted octanol–water partition coefficient (Wildman–Crippen LogP) is 8.92. The van der Waals surface area contributed by atoms with Crippen LogP contribution in [0.15, 0.2) is 139 Å². The fourth-order valence-electron chi connectivity index (χ4n) is 4.60. The Bertz CT molecular complexity index is 1550. The summed E-state index contributed by atoms with van der Waals surface area (Å²) in [6.07, 6.45) is 3.96. The van der Waals surface area contributed by atoms with Crippen molar-refractivity contribution in [3.63, 3.8) is 0 Å². The van der Waals surface area contributed by atoms with Gasteiger partial charge >= 0.3 is 0 Å². The van der Waals surface area contributed by atoms with Crippen LogP contribution in [0.1, 0.15) is 5.56 Å². The van der Waals surface area contributed by atoms with E-state index in [2.05, 4.69) is 132 Å². The minimum absolute atomic E-state index is 0.964. The van der Waals surface area contributed by atoms with Crippen LogP contribution in [-0.4, -0.2) is 11.2 Å². The van der Waals surface area contributed by atoms with Crippen molar-refractivity contribution in [2.75, 3.05) is 0 Å². The average Bonchev–Trinajstić information content (AvgIpc) is 3.43. The summed E-state index contributed by atoms with van der Waals surface area (Å²) in [6.45, 7) is 0. The molecule has 35 heavy (non-hydrogen) atoms. The molecule has 0 radical (unpaired) electrons. The van der Waals surface area contributed by atoms with Gasteiger partial charge in [0.15, 0.2) is 0 Å². The van der Waals surface area contributed by atoms with Gasteiger partial charge in [0, 0.05) is 34.5 Å². The van der Waals surface area contributed by atoms with Crippen molar-refractivity contribution in [1.82, 2.24) is 4.98 Å². The second kappa shape index (κ2) is 9.28. The quantitative estimate of drug-likeness (QED) is 0.255. The monoisotopic (exact) mass is 448 g/mol. The summed E-state index contributed by atoms with van der Waals surface area (Å²) >= 11 is 0. The van der Waals surface area contributed by atoms with Gasteiger partial charge in [-0.3, -0.25) is 4.99 Å². The van der Waals surface area contributed by atoms with Crippen LogP contribution in [0.2, 0.25) is 0 Å². The molecule has 0 aliphatic rings. The number of aromatic amines is 1. The average molecular weight is 449 g/mol. The van der Waals surface area contributed by atoms with E-state index in [1.807, 2.05) is 12.4 Å². The van der Waals surface area contributed by atoms with E-state index >= 15 is 0 Å². The Hall–Kier alpha value is -4.69. The van der Waals surface area contributed by atoms with Crippen molar-refractivity contribution in [2.45, 2.75) is 0 Å². The summed E-state index contributed by atoms with van der Waals surface area (Å²) in [5.41, 5.74) is 10.0. The molecule has 1 heterocycles. The Labute approximate surface area is 205 Å². The number of fused-ring (bicyclic) bond motifs is 1. The largest absolute Gasteiger partial charge is 0.361 e. The van der Waals surface area contributed by atoms with E-state index in [-0.39, 0.29) is 0 Å². The number of para-hydroxylation sites is 1. The minimum atomic E-state index is 0.964. The van der Waals surface area contributed by atoms with Gasteiger partial charge in [0.2, 0.25) is 0 Å². The topological polar surface area (TPSA) is 28.1 Å². The highest BCUT2D eigenvalue weighted by Crippen LogP contribution is 2.42. The number of hydrogen-bond acceptors (Lipinski definition) is 1. The number of nitrogens with one attached hydrogen (secondary N) is 1. The maximum atomic E-state index is 5.15. The molecular formula is C33H24N2. The number of aliphatic imine (C=N–C) groups is 1. The molecule has 6 rings (SSSR count). The van der Waals surface area contributed by atoms with Crippen LogP contribution in [0.3, 0.4) is 0 Å². The lowest BCUT2D eigenvalue weighted by atomic mass is 9.91. The lowest BCUT2D eigenvalue weighted by Crippen LogP contribution is -1.90. The summed E-state index contributed by atoms with van der Waals surface area (Å²) in [5, 5.41) is 1.18. The van der Waals surface area contributed by atoms with Gasteiger partial charge in [-0.05, 0) is 40.5 Å². The van der Waals surface area contributed by atoms with E-state index in [4.69, 9.17) is 4.99 Å². The van der Waals surface area contributed by atoms with Crippen LogP contribution in [0.25, 0.3) is 44.3 Å². The Morgan fingerprint density at radius 1 is 0.514 bits per heavy atom. The number of H-pyrrole nitrogens is 1. The molecule has 0 saturated carbocycles. The maximum absolute atomic E-state index is 5.15. The van der Waals surface area contributed by atoms with Gasteiger partial charge in [-0.15, -0.1) is 0 Å². The van der Waals surface area contributed by atoms with E-state index in [9.17, 15) is 0 Å². The van der Waals surface area contributed by atoms with Crippen LogP contribution in [0.5, 0.6) is 0 Å². The smallest absolute Gasteiger partial charge is 0.0786 e. The lowest BCUT2D eigenvalue weighted by Gasteiger charge is -2.16. The molecule has 2 nitrogen and oxygen atoms in total. The lowest BCUT2D eigenvalue weighted by molar-refractivity contribution is 1.46. The Kier molecular flexibility index (Phi) is 5.54. The third kappa shape index (κ3) is 4.18. The molecule has 0 saturated heterocycles. The fraction of sp³-hybridized carbons (Fsp3) is 0. The molecule has 166 valence electrons. The van der Waals surface area contributed by atoms with Gasteiger partial charge < -0.3 is 4.98 Å². The second-order valence-corrected chi connectivity index (χ2v) is 8.57. The Morgan fingerprint density at radius 3 is 1.69 bits per heavy atom. The predicted molar refractivity (Wildman–Crippen MR) is 148 cm³/mol. The van der Waals surface area contributed by atoms with Gasteiger partial charge in [0.05, 0.1) is 11.2 Å². The molecule has 0 aliphatic carbocycles. The van der Waals surface area contributed by atoms with Crippen molar-refractivity contribution < 1.29 is 0 Å². The van der Waals surface area contributed by atoms with Crippen LogP contribution in [0, 0.1) is 0 Å². The fourth-order valence-corrected chi connectivity index (χ4v) is 4.60. The van der Waals surface area contributed by atoms with E-state index < -0.39 is 0 Å². The molecule has 5 aromatic carbocycles. The molecule has 0 bridgehead atoms. The third-order valence-corrected chi connectivity index (χ3v) is 6.34. The first kappa shape index (κ1) is 20.9. The van der Waals surface area contributed by atoms with Gasteiger partial charge in [-0.1, -0.05) is 109 Å². The van der Waals surface area contributed by atoms with Crippen LogP contribution in [-0.2, 0) is 0 Å². The van der Waals surface area contributed by atoms with Crippen LogP contribution >= 0.6 is 0 Å².